The predicted octanol–water partition coefficient (Wildman–Crippen LogP) is 4.70. The molecule has 152 valence electrons. The van der Waals surface area contributed by atoms with E-state index in [1.54, 1.807) is 30.5 Å². The lowest BCUT2D eigenvalue weighted by molar-refractivity contribution is 0.496. The van der Waals surface area contributed by atoms with E-state index in [1.165, 1.54) is 23.5 Å². The van der Waals surface area contributed by atoms with E-state index in [2.05, 4.69) is 15.3 Å². The summed E-state index contributed by atoms with van der Waals surface area (Å²) in [6, 6.07) is 19.5. The van der Waals surface area contributed by atoms with Crippen molar-refractivity contribution in [3.63, 3.8) is 0 Å². The molecule has 7 nitrogen and oxygen atoms in total. The lowest BCUT2D eigenvalue weighted by Gasteiger charge is -2.09. The third-order valence-corrected chi connectivity index (χ3v) is 5.89. The van der Waals surface area contributed by atoms with E-state index in [0.29, 0.717) is 22.3 Å². The van der Waals surface area contributed by atoms with Crippen molar-refractivity contribution in [2.45, 2.75) is 11.8 Å². The van der Waals surface area contributed by atoms with Crippen LogP contribution in [-0.4, -0.2) is 18.4 Å². The second-order valence-corrected chi connectivity index (χ2v) is 9.14. The van der Waals surface area contributed by atoms with Crippen LogP contribution in [0.3, 0.4) is 0 Å². The van der Waals surface area contributed by atoms with Crippen LogP contribution in [0.1, 0.15) is 5.01 Å². The molecule has 2 aromatic carbocycles. The van der Waals surface area contributed by atoms with Crippen LogP contribution < -0.4 is 15.2 Å². The maximum absolute atomic E-state index is 11.6. The highest BCUT2D eigenvalue weighted by Crippen LogP contribution is 2.38. The van der Waals surface area contributed by atoms with Gasteiger partial charge in [0.1, 0.15) is 17.3 Å². The molecule has 0 saturated carbocycles. The van der Waals surface area contributed by atoms with Crippen LogP contribution in [-0.2, 0) is 10.0 Å². The quantitative estimate of drug-likeness (QED) is 0.452. The van der Waals surface area contributed by atoms with Gasteiger partial charge in [-0.05, 0) is 31.2 Å². The number of thiazole rings is 1. The first kappa shape index (κ1) is 20.0. The Hall–Kier alpha value is -3.27. The van der Waals surface area contributed by atoms with E-state index in [1.807, 2.05) is 37.3 Å². The number of hydrogen-bond donors (Lipinski definition) is 2. The van der Waals surface area contributed by atoms with Gasteiger partial charge >= 0.3 is 0 Å². The number of pyridine rings is 1. The molecule has 0 amide bonds. The molecule has 0 radical (unpaired) electrons. The van der Waals surface area contributed by atoms with Gasteiger partial charge in [-0.3, -0.25) is 0 Å². The van der Waals surface area contributed by atoms with Crippen molar-refractivity contribution in [3.8, 4) is 22.1 Å². The van der Waals surface area contributed by atoms with Crippen molar-refractivity contribution in [1.29, 1.82) is 0 Å². The molecule has 0 spiro atoms. The summed E-state index contributed by atoms with van der Waals surface area (Å²) in [5.41, 5.74) is 2.30. The summed E-state index contributed by atoms with van der Waals surface area (Å²) < 4.78 is 29.2. The molecule has 2 aromatic heterocycles. The number of nitrogens with zero attached hydrogens (tertiary/aromatic N) is 2. The van der Waals surface area contributed by atoms with Crippen molar-refractivity contribution < 1.29 is 13.2 Å². The Bertz CT molecular complexity index is 1290. The smallest absolute Gasteiger partial charge is 0.238 e. The molecule has 30 heavy (non-hydrogen) atoms. The molecule has 0 atom stereocenters. The zero-order valence-electron chi connectivity index (χ0n) is 15.9. The number of aryl methyl sites for hydroxylation is 1. The van der Waals surface area contributed by atoms with E-state index in [4.69, 9.17) is 9.88 Å². The van der Waals surface area contributed by atoms with Gasteiger partial charge in [0.15, 0.2) is 0 Å². The zero-order valence-corrected chi connectivity index (χ0v) is 17.6. The molecule has 0 fully saturated rings. The lowest BCUT2D eigenvalue weighted by Crippen LogP contribution is -2.12. The summed E-state index contributed by atoms with van der Waals surface area (Å²) in [7, 11) is -3.79. The summed E-state index contributed by atoms with van der Waals surface area (Å²) in [5.74, 6) is 1.08. The third-order valence-electron chi connectivity index (χ3n) is 4.13. The average Bonchev–Trinajstić information content (AvgIpc) is 3.08. The Labute approximate surface area is 178 Å². The summed E-state index contributed by atoms with van der Waals surface area (Å²) in [6.45, 7) is 1.93. The molecule has 0 saturated heterocycles. The number of sulfonamides is 1. The van der Waals surface area contributed by atoms with Gasteiger partial charge in [-0.25, -0.2) is 23.5 Å². The molecular formula is C21H18N4O3S2. The molecule has 0 aliphatic heterocycles. The van der Waals surface area contributed by atoms with Gasteiger partial charge in [0.05, 0.1) is 9.90 Å². The monoisotopic (exact) mass is 438 g/mol. The number of anilines is 2. The number of nitrogens with two attached hydrogens (primary N) is 1. The second-order valence-electron chi connectivity index (χ2n) is 6.41. The van der Waals surface area contributed by atoms with Gasteiger partial charge in [-0.15, -0.1) is 0 Å². The maximum Gasteiger partial charge on any atom is 0.238 e. The van der Waals surface area contributed by atoms with Gasteiger partial charge in [0.2, 0.25) is 15.1 Å². The maximum atomic E-state index is 11.6. The summed E-state index contributed by atoms with van der Waals surface area (Å²) in [4.78, 5) is 8.88. The zero-order chi connectivity index (χ0) is 21.1. The van der Waals surface area contributed by atoms with Gasteiger partial charge < -0.3 is 10.1 Å². The first-order valence-corrected chi connectivity index (χ1v) is 11.3. The van der Waals surface area contributed by atoms with Crippen LogP contribution in [0.25, 0.3) is 11.3 Å². The number of benzene rings is 2. The number of primary sulfonamides is 1. The largest absolute Gasteiger partial charge is 0.444 e. The van der Waals surface area contributed by atoms with Crippen LogP contribution >= 0.6 is 11.3 Å². The summed E-state index contributed by atoms with van der Waals surface area (Å²) in [6.07, 6.45) is 1.61. The molecule has 0 unspecified atom stereocenters. The number of rotatable bonds is 6. The fourth-order valence-corrected chi connectivity index (χ4v) is 4.17. The van der Waals surface area contributed by atoms with Crippen LogP contribution in [0, 0.1) is 6.92 Å². The standard InChI is InChI=1S/C21H18N4O3S2/c1-14-24-20(15-6-3-2-4-7-15)21(29-14)28-17-10-11-23-19(13-17)25-16-8-5-9-18(12-16)30(22,26)27/h2-13H,1H3,(H,23,25)(H2,22,26,27). The molecular weight excluding hydrogens is 420 g/mol. The Morgan fingerprint density at radius 2 is 1.83 bits per heavy atom. The minimum atomic E-state index is -3.79. The van der Waals surface area contributed by atoms with Crippen LogP contribution in [0.15, 0.2) is 77.8 Å². The van der Waals surface area contributed by atoms with E-state index < -0.39 is 10.0 Å². The average molecular weight is 439 g/mol. The van der Waals surface area contributed by atoms with E-state index >= 15 is 0 Å². The highest BCUT2D eigenvalue weighted by molar-refractivity contribution is 7.89. The minimum absolute atomic E-state index is 0.0209. The van der Waals surface area contributed by atoms with Gasteiger partial charge in [-0.1, -0.05) is 47.7 Å². The van der Waals surface area contributed by atoms with Crippen molar-refractivity contribution in [1.82, 2.24) is 9.97 Å². The van der Waals surface area contributed by atoms with E-state index in [-0.39, 0.29) is 4.90 Å². The Morgan fingerprint density at radius 1 is 1.03 bits per heavy atom. The SMILES string of the molecule is Cc1nc(-c2ccccc2)c(Oc2ccnc(Nc3cccc(S(N)(=O)=O)c3)c2)s1. The minimum Gasteiger partial charge on any atom is -0.444 e. The normalized spacial score (nSPS) is 11.3. The number of aromatic nitrogens is 2. The number of nitrogens with one attached hydrogen (secondary N) is 1. The van der Waals surface area contributed by atoms with Crippen LogP contribution in [0.5, 0.6) is 10.8 Å². The van der Waals surface area contributed by atoms with E-state index in [9.17, 15) is 8.42 Å². The molecule has 4 rings (SSSR count). The first-order chi connectivity index (χ1) is 14.4. The number of ether oxygens (including phenoxy) is 1. The second kappa shape index (κ2) is 8.23. The van der Waals surface area contributed by atoms with Gasteiger partial charge in [-0.2, -0.15) is 0 Å². The van der Waals surface area contributed by atoms with Crippen molar-refractivity contribution >= 4 is 32.9 Å². The molecule has 4 aromatic rings. The van der Waals surface area contributed by atoms with Crippen molar-refractivity contribution in [2.24, 2.45) is 5.14 Å². The molecule has 0 bridgehead atoms. The first-order valence-electron chi connectivity index (χ1n) is 8.95. The van der Waals surface area contributed by atoms with Gasteiger partial charge in [0, 0.05) is 23.5 Å². The van der Waals surface area contributed by atoms with Crippen molar-refractivity contribution in [3.05, 3.63) is 77.9 Å². The lowest BCUT2D eigenvalue weighted by atomic mass is 10.2. The Morgan fingerprint density at radius 3 is 2.60 bits per heavy atom. The number of hydrogen-bond acceptors (Lipinski definition) is 7. The molecule has 0 aliphatic rings. The third kappa shape index (κ3) is 4.65. The van der Waals surface area contributed by atoms with E-state index in [0.717, 1.165) is 16.3 Å². The highest BCUT2D eigenvalue weighted by atomic mass is 32.2. The highest BCUT2D eigenvalue weighted by Gasteiger charge is 2.14. The molecule has 2 heterocycles. The van der Waals surface area contributed by atoms with Gasteiger partial charge in [0.25, 0.3) is 0 Å². The molecule has 9 heteroatoms. The molecule has 0 aliphatic carbocycles. The predicted molar refractivity (Wildman–Crippen MR) is 118 cm³/mol. The Balaban J connectivity index is 1.59. The Kier molecular flexibility index (Phi) is 5.49. The topological polar surface area (TPSA) is 107 Å². The fourth-order valence-electron chi connectivity index (χ4n) is 2.80. The fraction of sp³-hybridized carbons (Fsp3) is 0.0476. The summed E-state index contributed by atoms with van der Waals surface area (Å²) >= 11 is 1.46. The van der Waals surface area contributed by atoms with Crippen LogP contribution in [0.2, 0.25) is 0 Å². The molecule has 3 N–H and O–H groups in total. The van der Waals surface area contributed by atoms with Crippen molar-refractivity contribution in [2.75, 3.05) is 5.32 Å². The van der Waals surface area contributed by atoms with Crippen LogP contribution in [0.4, 0.5) is 11.5 Å². The summed E-state index contributed by atoms with van der Waals surface area (Å²) in [5, 5.41) is 9.85.